The summed E-state index contributed by atoms with van der Waals surface area (Å²) >= 11 is 3.35. The molecule has 0 atom stereocenters. The van der Waals surface area contributed by atoms with Gasteiger partial charge in [0.2, 0.25) is 0 Å². The normalized spacial score (nSPS) is 11.3. The second kappa shape index (κ2) is 6.48. The van der Waals surface area contributed by atoms with Crippen molar-refractivity contribution in [3.8, 4) is 0 Å². The quantitative estimate of drug-likeness (QED) is 0.444. The third-order valence-electron chi connectivity index (χ3n) is 0.884. The smallest absolute Gasteiger partial charge is 0.0230 e. The molecule has 0 bridgehead atoms. The van der Waals surface area contributed by atoms with Crippen molar-refractivity contribution in [2.75, 3.05) is 5.33 Å². The highest BCUT2D eigenvalue weighted by molar-refractivity contribution is 9.09. The molecular weight excluding hydrogens is 152 g/mol. The summed E-state index contributed by atoms with van der Waals surface area (Å²) in [5, 5.41) is 1.12. The van der Waals surface area contributed by atoms with Gasteiger partial charge in [-0.1, -0.05) is 42.1 Å². The Morgan fingerprint density at radius 3 is 2.86 bits per heavy atom. The van der Waals surface area contributed by atoms with Gasteiger partial charge in [0.1, 0.15) is 0 Å². The van der Waals surface area contributed by atoms with E-state index in [4.69, 9.17) is 1.37 Å². The van der Waals surface area contributed by atoms with Gasteiger partial charge in [-0.3, -0.25) is 0 Å². The lowest BCUT2D eigenvalue weighted by atomic mass is 10.2. The van der Waals surface area contributed by atoms with Gasteiger partial charge in [-0.25, -0.2) is 0 Å². The van der Waals surface area contributed by atoms with Gasteiger partial charge in [0, 0.05) is 6.70 Å². The highest BCUT2D eigenvalue weighted by Crippen LogP contribution is 1.99. The molecule has 0 fully saturated rings. The molecule has 0 spiro atoms. The Balaban J connectivity index is 2.53. The highest BCUT2D eigenvalue weighted by Gasteiger charge is 1.81. The monoisotopic (exact) mass is 165 g/mol. The molecule has 0 heterocycles. The topological polar surface area (TPSA) is 0 Å². The summed E-state index contributed by atoms with van der Waals surface area (Å²) in [4.78, 5) is 0. The molecule has 0 aliphatic heterocycles. The second-order valence-electron chi connectivity index (χ2n) is 1.60. The average Bonchev–Trinajstić information content (AvgIpc) is 1.81. The minimum absolute atomic E-state index is 0.599. The van der Waals surface area contributed by atoms with Crippen LogP contribution >= 0.6 is 15.9 Å². The molecule has 0 aliphatic rings. The van der Waals surface area contributed by atoms with Gasteiger partial charge >= 0.3 is 0 Å². The minimum atomic E-state index is 0.599. The predicted octanol–water partition coefficient (Wildman–Crippen LogP) is 2.96. The molecule has 0 radical (unpaired) electrons. The zero-order chi connectivity index (χ0) is 6.24. The number of alkyl halides is 1. The van der Waals surface area contributed by atoms with Crippen LogP contribution in [0, 0.1) is 0 Å². The molecule has 44 valence electrons. The lowest BCUT2D eigenvalue weighted by molar-refractivity contribution is 0.708. The first-order valence-electron chi connectivity index (χ1n) is 3.47. The van der Waals surface area contributed by atoms with Crippen molar-refractivity contribution in [1.82, 2.24) is 0 Å². The van der Waals surface area contributed by atoms with Crippen molar-refractivity contribution in [2.24, 2.45) is 0 Å². The predicted molar refractivity (Wildman–Crippen MR) is 37.9 cm³/mol. The summed E-state index contributed by atoms with van der Waals surface area (Å²) in [6.45, 7) is 0.599. The third-order valence-corrected chi connectivity index (χ3v) is 1.44. The molecule has 0 rings (SSSR count). The summed E-state index contributed by atoms with van der Waals surface area (Å²) in [5.74, 6) is 0. The molecule has 0 saturated heterocycles. The van der Waals surface area contributed by atoms with Gasteiger partial charge in [-0.05, 0) is 6.42 Å². The van der Waals surface area contributed by atoms with E-state index >= 15 is 0 Å². The maximum atomic E-state index is 6.83. The van der Waals surface area contributed by atoms with E-state index in [0.717, 1.165) is 11.8 Å². The Bertz CT molecular complexity index is 33.5. The summed E-state index contributed by atoms with van der Waals surface area (Å²) < 4.78 is 6.83. The fraction of sp³-hybridized carbons (Fsp3) is 1.00. The van der Waals surface area contributed by atoms with Crippen molar-refractivity contribution >= 4 is 15.9 Å². The molecule has 7 heavy (non-hydrogen) atoms. The molecule has 0 unspecified atom stereocenters. The van der Waals surface area contributed by atoms with Crippen LogP contribution in [0.5, 0.6) is 0 Å². The van der Waals surface area contributed by atoms with E-state index in [1.807, 2.05) is 0 Å². The van der Waals surface area contributed by atoms with Gasteiger partial charge in [0.25, 0.3) is 0 Å². The number of halogens is 1. The number of unbranched alkanes of at least 4 members (excludes halogenated alkanes) is 3. The molecule has 0 N–H and O–H groups in total. The van der Waals surface area contributed by atoms with E-state index in [2.05, 4.69) is 15.9 Å². The Hall–Kier alpha value is 0.480. The van der Waals surface area contributed by atoms with E-state index in [1.165, 1.54) is 19.3 Å². The van der Waals surface area contributed by atoms with Crippen LogP contribution in [0.1, 0.15) is 34.0 Å². The highest BCUT2D eigenvalue weighted by atomic mass is 79.9. The Morgan fingerprint density at radius 1 is 1.43 bits per heavy atom. The lowest BCUT2D eigenvalue weighted by Crippen LogP contribution is -1.73. The van der Waals surface area contributed by atoms with Gasteiger partial charge < -0.3 is 0 Å². The SMILES string of the molecule is [2H]CCCCCCBr. The van der Waals surface area contributed by atoms with Crippen molar-refractivity contribution in [2.45, 2.75) is 32.6 Å². The molecule has 0 aromatic heterocycles. The molecule has 0 aromatic carbocycles. The first kappa shape index (κ1) is 5.61. The molecular formula is C6H13Br. The summed E-state index contributed by atoms with van der Waals surface area (Å²) in [6.07, 6.45) is 4.85. The summed E-state index contributed by atoms with van der Waals surface area (Å²) in [6, 6.07) is 0. The van der Waals surface area contributed by atoms with Gasteiger partial charge in [-0.2, -0.15) is 0 Å². The molecule has 0 aliphatic carbocycles. The number of hydrogen-bond donors (Lipinski definition) is 0. The van der Waals surface area contributed by atoms with Crippen LogP contribution in [0.15, 0.2) is 0 Å². The standard InChI is InChI=1S/C6H13Br/c1-2-3-4-5-6-7/h2-6H2,1H3/i1D. The summed E-state index contributed by atoms with van der Waals surface area (Å²) in [7, 11) is 0. The van der Waals surface area contributed by atoms with E-state index in [0.29, 0.717) is 6.90 Å². The lowest BCUT2D eigenvalue weighted by Gasteiger charge is -1.89. The molecule has 0 nitrogen and oxygen atoms in total. The second-order valence-corrected chi connectivity index (χ2v) is 2.40. The fourth-order valence-corrected chi connectivity index (χ4v) is 0.845. The first-order valence-corrected chi connectivity index (χ1v) is 3.89. The minimum Gasteiger partial charge on any atom is -0.0928 e. The zero-order valence-electron chi connectivity index (χ0n) is 5.62. The van der Waals surface area contributed by atoms with Gasteiger partial charge in [0.15, 0.2) is 0 Å². The molecule has 0 aromatic rings. The first-order chi connectivity index (χ1) is 3.91. The van der Waals surface area contributed by atoms with Crippen molar-refractivity contribution in [1.29, 1.82) is 0 Å². The average molecular weight is 166 g/mol. The Labute approximate surface area is 55.8 Å². The van der Waals surface area contributed by atoms with Gasteiger partial charge in [0.05, 0.1) is 0 Å². The van der Waals surface area contributed by atoms with E-state index in [-0.39, 0.29) is 0 Å². The fourth-order valence-electron chi connectivity index (χ4n) is 0.448. The van der Waals surface area contributed by atoms with Crippen molar-refractivity contribution in [3.63, 3.8) is 0 Å². The van der Waals surface area contributed by atoms with Crippen LogP contribution in [-0.2, 0) is 0 Å². The number of hydrogen-bond acceptors (Lipinski definition) is 0. The van der Waals surface area contributed by atoms with E-state index < -0.39 is 0 Å². The van der Waals surface area contributed by atoms with Crippen molar-refractivity contribution < 1.29 is 1.37 Å². The molecule has 1 heteroatoms. The van der Waals surface area contributed by atoms with Crippen LogP contribution in [-0.4, -0.2) is 5.33 Å². The van der Waals surface area contributed by atoms with Gasteiger partial charge in [-0.15, -0.1) is 0 Å². The number of rotatable bonds is 4. The van der Waals surface area contributed by atoms with Crippen LogP contribution in [0.2, 0.25) is 0 Å². The zero-order valence-corrected chi connectivity index (χ0v) is 6.21. The van der Waals surface area contributed by atoms with Crippen LogP contribution in [0.25, 0.3) is 0 Å². The van der Waals surface area contributed by atoms with Crippen LogP contribution in [0.4, 0.5) is 0 Å². The molecule has 0 saturated carbocycles. The van der Waals surface area contributed by atoms with Crippen molar-refractivity contribution in [3.05, 3.63) is 0 Å². The van der Waals surface area contributed by atoms with E-state index in [1.54, 1.807) is 0 Å². The van der Waals surface area contributed by atoms with Crippen LogP contribution in [0.3, 0.4) is 0 Å². The maximum Gasteiger partial charge on any atom is 0.0230 e. The maximum absolute atomic E-state index is 6.83. The van der Waals surface area contributed by atoms with Crippen LogP contribution < -0.4 is 0 Å². The summed E-state index contributed by atoms with van der Waals surface area (Å²) in [5.41, 5.74) is 0. The van der Waals surface area contributed by atoms with E-state index in [9.17, 15) is 0 Å². The Morgan fingerprint density at radius 2 is 2.29 bits per heavy atom. The molecule has 0 amide bonds. The largest absolute Gasteiger partial charge is 0.0928 e. The Kier molecular flexibility index (Phi) is 5.20. The third kappa shape index (κ3) is 6.48.